The van der Waals surface area contributed by atoms with Crippen molar-refractivity contribution >= 4 is 35.5 Å². The molecule has 0 aliphatic heterocycles. The Morgan fingerprint density at radius 2 is 1.47 bits per heavy atom. The maximum atomic E-state index is 12.8. The normalized spacial score (nSPS) is 13.9. The Morgan fingerprint density at radius 3 is 1.93 bits per heavy atom. The van der Waals surface area contributed by atoms with Gasteiger partial charge in [0.15, 0.2) is 0 Å². The number of carbonyl (C=O) groups is 4. The summed E-state index contributed by atoms with van der Waals surface area (Å²) < 4.78 is 0. The summed E-state index contributed by atoms with van der Waals surface area (Å²) in [7, 11) is 0. The predicted octanol–water partition coefficient (Wildman–Crippen LogP) is -0.588. The molecule has 8 N–H and O–H groups in total. The van der Waals surface area contributed by atoms with Crippen molar-refractivity contribution in [3.63, 3.8) is 0 Å². The first-order valence-corrected chi connectivity index (χ1v) is 11.6. The third kappa shape index (κ3) is 12.0. The molecule has 11 heteroatoms. The summed E-state index contributed by atoms with van der Waals surface area (Å²) in [5.41, 5.74) is 10.8. The van der Waals surface area contributed by atoms with Crippen molar-refractivity contribution in [2.45, 2.75) is 64.1 Å². The molecule has 0 heterocycles. The summed E-state index contributed by atoms with van der Waals surface area (Å²) >= 11 is 1.52. The SMILES string of the molecule is CSCCC(NC(=O)CN)C(=O)NC(CCCCN)C(=O)NC(CC(C)C)C(=O)O. The fraction of sp³-hybridized carbons (Fsp3) is 0.789. The molecule has 30 heavy (non-hydrogen) atoms. The van der Waals surface area contributed by atoms with Crippen LogP contribution < -0.4 is 27.4 Å². The highest BCUT2D eigenvalue weighted by Gasteiger charge is 2.29. The van der Waals surface area contributed by atoms with E-state index in [2.05, 4.69) is 16.0 Å². The molecule has 10 nitrogen and oxygen atoms in total. The summed E-state index contributed by atoms with van der Waals surface area (Å²) in [5.74, 6) is -1.97. The number of thioether (sulfide) groups is 1. The first-order valence-electron chi connectivity index (χ1n) is 10.2. The minimum absolute atomic E-state index is 0.0686. The number of carboxylic acid groups (broad SMARTS) is 1. The second kappa shape index (κ2) is 15.9. The van der Waals surface area contributed by atoms with E-state index >= 15 is 0 Å². The van der Waals surface area contributed by atoms with Gasteiger partial charge in [-0.25, -0.2) is 4.79 Å². The molecule has 0 spiro atoms. The van der Waals surface area contributed by atoms with Gasteiger partial charge in [-0.1, -0.05) is 13.8 Å². The van der Waals surface area contributed by atoms with Crippen molar-refractivity contribution in [1.82, 2.24) is 16.0 Å². The molecule has 0 aliphatic carbocycles. The lowest BCUT2D eigenvalue weighted by atomic mass is 10.0. The molecular weight excluding hydrogens is 410 g/mol. The van der Waals surface area contributed by atoms with Gasteiger partial charge in [0.05, 0.1) is 6.54 Å². The molecule has 0 radical (unpaired) electrons. The lowest BCUT2D eigenvalue weighted by molar-refractivity contribution is -0.142. The van der Waals surface area contributed by atoms with Crippen LogP contribution in [0.1, 0.15) is 46.0 Å². The van der Waals surface area contributed by atoms with E-state index in [1.807, 2.05) is 20.1 Å². The van der Waals surface area contributed by atoms with Gasteiger partial charge >= 0.3 is 5.97 Å². The van der Waals surface area contributed by atoms with Crippen molar-refractivity contribution < 1.29 is 24.3 Å². The molecule has 3 unspecified atom stereocenters. The van der Waals surface area contributed by atoms with E-state index in [0.717, 1.165) is 0 Å². The Hall–Kier alpha value is -1.85. The maximum Gasteiger partial charge on any atom is 0.326 e. The zero-order chi connectivity index (χ0) is 23.1. The monoisotopic (exact) mass is 447 g/mol. The van der Waals surface area contributed by atoms with E-state index in [0.29, 0.717) is 38.0 Å². The Bertz CT molecular complexity index is 561. The second-order valence-corrected chi connectivity index (χ2v) is 8.47. The van der Waals surface area contributed by atoms with Crippen molar-refractivity contribution in [2.24, 2.45) is 17.4 Å². The number of carboxylic acids is 1. The standard InChI is InChI=1S/C19H37N5O5S/c1-12(2)10-15(19(28)29)24-17(26)13(6-4-5-8-20)23-18(27)14(7-9-30-3)22-16(25)11-21/h12-15H,4-11,20-21H2,1-3H3,(H,22,25)(H,23,27)(H,24,26)(H,28,29). The van der Waals surface area contributed by atoms with Crippen LogP contribution in [0.5, 0.6) is 0 Å². The zero-order valence-corrected chi connectivity index (χ0v) is 18.9. The van der Waals surface area contributed by atoms with E-state index < -0.39 is 41.8 Å². The molecule has 0 aromatic carbocycles. The van der Waals surface area contributed by atoms with Crippen molar-refractivity contribution in [2.75, 3.05) is 25.1 Å². The molecule has 3 atom stereocenters. The molecular formula is C19H37N5O5S. The van der Waals surface area contributed by atoms with Gasteiger partial charge < -0.3 is 32.5 Å². The van der Waals surface area contributed by atoms with Gasteiger partial charge in [-0.3, -0.25) is 14.4 Å². The van der Waals surface area contributed by atoms with Crippen LogP contribution in [0.25, 0.3) is 0 Å². The first-order chi connectivity index (χ1) is 14.2. The lowest BCUT2D eigenvalue weighted by Crippen LogP contribution is -2.56. The average Bonchev–Trinajstić information content (AvgIpc) is 2.68. The number of nitrogens with one attached hydrogen (secondary N) is 3. The summed E-state index contributed by atoms with van der Waals surface area (Å²) in [6.07, 6.45) is 4.08. The smallest absolute Gasteiger partial charge is 0.326 e. The van der Waals surface area contributed by atoms with Gasteiger partial charge in [-0.05, 0) is 56.6 Å². The highest BCUT2D eigenvalue weighted by molar-refractivity contribution is 7.98. The largest absolute Gasteiger partial charge is 0.480 e. The van der Waals surface area contributed by atoms with Gasteiger partial charge in [0.1, 0.15) is 18.1 Å². The predicted molar refractivity (Wildman–Crippen MR) is 118 cm³/mol. The highest BCUT2D eigenvalue weighted by Crippen LogP contribution is 2.08. The number of nitrogens with two attached hydrogens (primary N) is 2. The second-order valence-electron chi connectivity index (χ2n) is 7.48. The van der Waals surface area contributed by atoms with Crippen molar-refractivity contribution in [3.8, 4) is 0 Å². The summed E-state index contributed by atoms with van der Waals surface area (Å²) in [6, 6.07) is -2.80. The number of rotatable bonds is 16. The van der Waals surface area contributed by atoms with Gasteiger partial charge in [0.2, 0.25) is 17.7 Å². The third-order valence-corrected chi connectivity index (χ3v) is 4.99. The molecule has 3 amide bonds. The van der Waals surface area contributed by atoms with Crippen LogP contribution in [-0.2, 0) is 19.2 Å². The number of hydrogen-bond donors (Lipinski definition) is 6. The fourth-order valence-corrected chi connectivity index (χ4v) is 3.23. The van der Waals surface area contributed by atoms with Gasteiger partial charge in [-0.15, -0.1) is 0 Å². The number of aliphatic carboxylic acids is 1. The molecule has 0 aliphatic rings. The highest BCUT2D eigenvalue weighted by atomic mass is 32.2. The minimum atomic E-state index is -1.13. The van der Waals surface area contributed by atoms with Crippen molar-refractivity contribution in [1.29, 1.82) is 0 Å². The number of unbranched alkanes of at least 4 members (excludes halogenated alkanes) is 1. The Balaban J connectivity index is 5.30. The van der Waals surface area contributed by atoms with Crippen LogP contribution in [-0.4, -0.2) is 72.0 Å². The van der Waals surface area contributed by atoms with E-state index in [1.54, 1.807) is 0 Å². The third-order valence-electron chi connectivity index (χ3n) is 4.35. The fourth-order valence-electron chi connectivity index (χ4n) is 2.76. The van der Waals surface area contributed by atoms with Gasteiger partial charge in [0, 0.05) is 0 Å². The minimum Gasteiger partial charge on any atom is -0.480 e. The van der Waals surface area contributed by atoms with E-state index in [1.165, 1.54) is 11.8 Å². The van der Waals surface area contributed by atoms with E-state index in [-0.39, 0.29) is 18.9 Å². The van der Waals surface area contributed by atoms with E-state index in [4.69, 9.17) is 11.5 Å². The van der Waals surface area contributed by atoms with Crippen LogP contribution >= 0.6 is 11.8 Å². The van der Waals surface area contributed by atoms with Crippen LogP contribution in [0, 0.1) is 5.92 Å². The molecule has 174 valence electrons. The lowest BCUT2D eigenvalue weighted by Gasteiger charge is -2.25. The molecule has 0 fully saturated rings. The molecule has 0 aromatic rings. The van der Waals surface area contributed by atoms with E-state index in [9.17, 15) is 24.3 Å². The molecule has 0 aromatic heterocycles. The summed E-state index contributed by atoms with van der Waals surface area (Å²) in [4.78, 5) is 48.6. The summed E-state index contributed by atoms with van der Waals surface area (Å²) in [5, 5.41) is 17.1. The quantitative estimate of drug-likeness (QED) is 0.170. The Kier molecular flexibility index (Phi) is 14.9. The van der Waals surface area contributed by atoms with Crippen LogP contribution in [0.4, 0.5) is 0 Å². The summed E-state index contributed by atoms with van der Waals surface area (Å²) in [6.45, 7) is 3.91. The molecule has 0 saturated heterocycles. The van der Waals surface area contributed by atoms with Crippen LogP contribution in [0.3, 0.4) is 0 Å². The topological polar surface area (TPSA) is 177 Å². The zero-order valence-electron chi connectivity index (χ0n) is 18.1. The van der Waals surface area contributed by atoms with Gasteiger partial charge in [-0.2, -0.15) is 11.8 Å². The van der Waals surface area contributed by atoms with Gasteiger partial charge in [0.25, 0.3) is 0 Å². The average molecular weight is 448 g/mol. The molecule has 0 bridgehead atoms. The van der Waals surface area contributed by atoms with Crippen LogP contribution in [0.2, 0.25) is 0 Å². The first kappa shape index (κ1) is 28.1. The Labute approximate surface area is 182 Å². The number of hydrogen-bond acceptors (Lipinski definition) is 7. The molecule has 0 rings (SSSR count). The maximum absolute atomic E-state index is 12.8. The van der Waals surface area contributed by atoms with Crippen molar-refractivity contribution in [3.05, 3.63) is 0 Å². The number of carbonyl (C=O) groups excluding carboxylic acids is 3. The van der Waals surface area contributed by atoms with Crippen LogP contribution in [0.15, 0.2) is 0 Å². The number of amides is 3. The Morgan fingerprint density at radius 1 is 0.900 bits per heavy atom. The molecule has 0 saturated carbocycles.